The molecule has 0 aliphatic carbocycles. The van der Waals surface area contributed by atoms with Crippen LogP contribution in [0.5, 0.6) is 0 Å². The van der Waals surface area contributed by atoms with Gasteiger partial charge in [0, 0.05) is 13.1 Å². The van der Waals surface area contributed by atoms with Gasteiger partial charge in [0.2, 0.25) is 5.91 Å². The SMILES string of the molecule is CN(C)CCNC(=O)CNCCc1ccccc1F. The van der Waals surface area contributed by atoms with Gasteiger partial charge in [-0.1, -0.05) is 18.2 Å². The minimum absolute atomic E-state index is 0.0321. The number of carbonyl (C=O) groups is 1. The monoisotopic (exact) mass is 267 g/mol. The molecule has 0 bridgehead atoms. The number of likely N-dealkylation sites (N-methyl/N-ethyl adjacent to an activating group) is 1. The van der Waals surface area contributed by atoms with Crippen LogP contribution in [0.2, 0.25) is 0 Å². The zero-order valence-corrected chi connectivity index (χ0v) is 11.6. The van der Waals surface area contributed by atoms with Gasteiger partial charge in [-0.3, -0.25) is 4.79 Å². The summed E-state index contributed by atoms with van der Waals surface area (Å²) in [6.45, 7) is 2.31. The Kier molecular flexibility index (Phi) is 7.07. The Morgan fingerprint density at radius 3 is 2.68 bits per heavy atom. The lowest BCUT2D eigenvalue weighted by Gasteiger charge is -2.10. The molecule has 0 atom stereocenters. The molecule has 0 saturated carbocycles. The average molecular weight is 267 g/mol. The van der Waals surface area contributed by atoms with Crippen molar-refractivity contribution in [1.82, 2.24) is 15.5 Å². The Labute approximate surface area is 114 Å². The van der Waals surface area contributed by atoms with Crippen molar-refractivity contribution < 1.29 is 9.18 Å². The highest BCUT2D eigenvalue weighted by Gasteiger charge is 2.02. The number of benzene rings is 1. The van der Waals surface area contributed by atoms with Crippen molar-refractivity contribution in [1.29, 1.82) is 0 Å². The molecule has 0 spiro atoms. The number of amides is 1. The van der Waals surface area contributed by atoms with Gasteiger partial charge >= 0.3 is 0 Å². The molecule has 1 aromatic rings. The summed E-state index contributed by atoms with van der Waals surface area (Å²) in [5.74, 6) is -0.227. The van der Waals surface area contributed by atoms with Crippen molar-refractivity contribution in [3.05, 3.63) is 35.6 Å². The third kappa shape index (κ3) is 6.88. The maximum atomic E-state index is 13.3. The second-order valence-electron chi connectivity index (χ2n) is 4.67. The van der Waals surface area contributed by atoms with Gasteiger partial charge in [-0.25, -0.2) is 4.39 Å². The smallest absolute Gasteiger partial charge is 0.234 e. The summed E-state index contributed by atoms with van der Waals surface area (Å²) in [5, 5.41) is 5.81. The number of nitrogens with zero attached hydrogens (tertiary/aromatic N) is 1. The Balaban J connectivity index is 2.10. The van der Waals surface area contributed by atoms with E-state index in [0.29, 0.717) is 25.1 Å². The van der Waals surface area contributed by atoms with E-state index in [9.17, 15) is 9.18 Å². The van der Waals surface area contributed by atoms with Crippen LogP contribution < -0.4 is 10.6 Å². The van der Waals surface area contributed by atoms with Crippen LogP contribution in [0, 0.1) is 5.82 Å². The molecule has 1 rings (SSSR count). The third-order valence-electron chi connectivity index (χ3n) is 2.70. The van der Waals surface area contributed by atoms with E-state index >= 15 is 0 Å². The molecule has 5 heteroatoms. The first-order chi connectivity index (χ1) is 9.09. The quantitative estimate of drug-likeness (QED) is 0.679. The zero-order valence-electron chi connectivity index (χ0n) is 11.6. The molecule has 1 aromatic carbocycles. The van der Waals surface area contributed by atoms with Crippen LogP contribution in [0.15, 0.2) is 24.3 Å². The van der Waals surface area contributed by atoms with Gasteiger partial charge in [-0.05, 0) is 38.7 Å². The molecule has 4 nitrogen and oxygen atoms in total. The van der Waals surface area contributed by atoms with E-state index in [1.165, 1.54) is 6.07 Å². The molecule has 0 aliphatic rings. The second kappa shape index (κ2) is 8.61. The van der Waals surface area contributed by atoms with Crippen LogP contribution in [0.25, 0.3) is 0 Å². The van der Waals surface area contributed by atoms with Gasteiger partial charge < -0.3 is 15.5 Å². The fourth-order valence-electron chi connectivity index (χ4n) is 1.61. The van der Waals surface area contributed by atoms with Crippen LogP contribution in [0.1, 0.15) is 5.56 Å². The molecule has 0 fully saturated rings. The largest absolute Gasteiger partial charge is 0.354 e. The summed E-state index contributed by atoms with van der Waals surface area (Å²) < 4.78 is 13.3. The van der Waals surface area contributed by atoms with Gasteiger partial charge in [-0.15, -0.1) is 0 Å². The fourth-order valence-corrected chi connectivity index (χ4v) is 1.61. The van der Waals surface area contributed by atoms with Crippen LogP contribution in [0.4, 0.5) is 4.39 Å². The van der Waals surface area contributed by atoms with E-state index in [-0.39, 0.29) is 18.3 Å². The summed E-state index contributed by atoms with van der Waals surface area (Å²) >= 11 is 0. The van der Waals surface area contributed by atoms with Crippen molar-refractivity contribution in [3.63, 3.8) is 0 Å². The first kappa shape index (κ1) is 15.6. The average Bonchev–Trinajstić information content (AvgIpc) is 2.36. The molecular formula is C14H22FN3O. The molecule has 0 aliphatic heterocycles. The van der Waals surface area contributed by atoms with E-state index in [1.807, 2.05) is 25.1 Å². The van der Waals surface area contributed by atoms with Crippen molar-refractivity contribution in [2.45, 2.75) is 6.42 Å². The van der Waals surface area contributed by atoms with Gasteiger partial charge in [-0.2, -0.15) is 0 Å². The number of carbonyl (C=O) groups excluding carboxylic acids is 1. The van der Waals surface area contributed by atoms with Gasteiger partial charge in [0.15, 0.2) is 0 Å². The van der Waals surface area contributed by atoms with E-state index in [4.69, 9.17) is 0 Å². The number of nitrogens with one attached hydrogen (secondary N) is 2. The molecule has 0 aromatic heterocycles. The number of hydrogen-bond acceptors (Lipinski definition) is 3. The minimum Gasteiger partial charge on any atom is -0.354 e. The van der Waals surface area contributed by atoms with Crippen molar-refractivity contribution in [2.75, 3.05) is 40.3 Å². The van der Waals surface area contributed by atoms with Crippen LogP contribution in [-0.4, -0.2) is 51.1 Å². The summed E-state index contributed by atoms with van der Waals surface area (Å²) in [4.78, 5) is 13.4. The van der Waals surface area contributed by atoms with Crippen molar-refractivity contribution in [3.8, 4) is 0 Å². The Hall–Kier alpha value is -1.46. The van der Waals surface area contributed by atoms with E-state index in [0.717, 1.165) is 6.54 Å². The lowest BCUT2D eigenvalue weighted by molar-refractivity contribution is -0.120. The molecule has 106 valence electrons. The summed E-state index contributed by atoms with van der Waals surface area (Å²) in [7, 11) is 3.91. The highest BCUT2D eigenvalue weighted by molar-refractivity contribution is 5.77. The Morgan fingerprint density at radius 2 is 2.00 bits per heavy atom. The standard InChI is InChI=1S/C14H22FN3O/c1-18(2)10-9-17-14(19)11-16-8-7-12-5-3-4-6-13(12)15/h3-6,16H,7-11H2,1-2H3,(H,17,19). The maximum absolute atomic E-state index is 13.3. The molecule has 1 amide bonds. The predicted molar refractivity (Wildman–Crippen MR) is 74.5 cm³/mol. The Bertz CT molecular complexity index is 396. The molecule has 0 unspecified atom stereocenters. The first-order valence-electron chi connectivity index (χ1n) is 6.45. The summed E-state index contributed by atoms with van der Waals surface area (Å²) in [6.07, 6.45) is 0.581. The van der Waals surface area contributed by atoms with Gasteiger partial charge in [0.05, 0.1) is 6.54 Å². The first-order valence-corrected chi connectivity index (χ1v) is 6.45. The van der Waals surface area contributed by atoms with E-state index in [2.05, 4.69) is 10.6 Å². The minimum atomic E-state index is -0.195. The van der Waals surface area contributed by atoms with Crippen molar-refractivity contribution >= 4 is 5.91 Å². The highest BCUT2D eigenvalue weighted by atomic mass is 19.1. The summed E-state index contributed by atoms with van der Waals surface area (Å²) in [5.41, 5.74) is 0.669. The zero-order chi connectivity index (χ0) is 14.1. The van der Waals surface area contributed by atoms with Crippen LogP contribution in [-0.2, 0) is 11.2 Å². The van der Waals surface area contributed by atoms with E-state index in [1.54, 1.807) is 12.1 Å². The highest BCUT2D eigenvalue weighted by Crippen LogP contribution is 2.05. The predicted octanol–water partition coefficient (Wildman–Crippen LogP) is 0.636. The molecule has 0 saturated heterocycles. The number of rotatable bonds is 8. The number of halogens is 1. The number of hydrogen-bond donors (Lipinski definition) is 2. The third-order valence-corrected chi connectivity index (χ3v) is 2.70. The lowest BCUT2D eigenvalue weighted by atomic mass is 10.1. The Morgan fingerprint density at radius 1 is 1.26 bits per heavy atom. The van der Waals surface area contributed by atoms with Gasteiger partial charge in [0.25, 0.3) is 0 Å². The van der Waals surface area contributed by atoms with Crippen LogP contribution >= 0.6 is 0 Å². The molecule has 2 N–H and O–H groups in total. The lowest BCUT2D eigenvalue weighted by Crippen LogP contribution is -2.38. The second-order valence-corrected chi connectivity index (χ2v) is 4.67. The van der Waals surface area contributed by atoms with E-state index < -0.39 is 0 Å². The fraction of sp³-hybridized carbons (Fsp3) is 0.500. The van der Waals surface area contributed by atoms with Crippen LogP contribution in [0.3, 0.4) is 0 Å². The molecular weight excluding hydrogens is 245 g/mol. The van der Waals surface area contributed by atoms with Gasteiger partial charge in [0.1, 0.15) is 5.82 Å². The molecule has 0 heterocycles. The summed E-state index contributed by atoms with van der Waals surface area (Å²) in [6, 6.07) is 6.69. The molecule has 0 radical (unpaired) electrons. The van der Waals surface area contributed by atoms with Crippen molar-refractivity contribution in [2.24, 2.45) is 0 Å². The molecule has 19 heavy (non-hydrogen) atoms. The normalized spacial score (nSPS) is 10.7. The maximum Gasteiger partial charge on any atom is 0.234 e. The topological polar surface area (TPSA) is 44.4 Å².